The average molecular weight is 357 g/mol. The van der Waals surface area contributed by atoms with E-state index >= 15 is 0 Å². The lowest BCUT2D eigenvalue weighted by Crippen LogP contribution is -2.54. The van der Waals surface area contributed by atoms with E-state index in [2.05, 4.69) is 59.0 Å². The van der Waals surface area contributed by atoms with Gasteiger partial charge in [-0.15, -0.1) is 0 Å². The molecule has 1 aliphatic rings. The Morgan fingerprint density at radius 2 is 2.14 bits per heavy atom. The Balaban J connectivity index is 1.98. The second-order valence-corrected chi connectivity index (χ2v) is 7.07. The molecule has 2 heterocycles. The second-order valence-electron chi connectivity index (χ2n) is 6.15. The van der Waals surface area contributed by atoms with Crippen LogP contribution < -0.4 is 5.32 Å². The topological polar surface area (TPSA) is 40.5 Å². The summed E-state index contributed by atoms with van der Waals surface area (Å²) in [4.78, 5) is 17.1. The first-order chi connectivity index (χ1) is 9.88. The number of piperazine rings is 1. The Morgan fingerprint density at radius 1 is 1.43 bits per heavy atom. The molecule has 1 aromatic rings. The standard InChI is InChI=1S/C15H25BrN4O/c1-11(2)20-9-12(16)7-14(20)15(21)17-8-13-10-18(3)5-6-19(13)4/h7,9,11,13H,5-6,8,10H2,1-4H3,(H,17,21). The number of carbonyl (C=O) groups excluding carboxylic acids is 1. The number of carbonyl (C=O) groups is 1. The molecule has 1 aromatic heterocycles. The van der Waals surface area contributed by atoms with Crippen molar-refractivity contribution >= 4 is 21.8 Å². The van der Waals surface area contributed by atoms with Crippen LogP contribution >= 0.6 is 15.9 Å². The van der Waals surface area contributed by atoms with Crippen molar-refractivity contribution in [3.63, 3.8) is 0 Å². The van der Waals surface area contributed by atoms with Crippen LogP contribution in [0.5, 0.6) is 0 Å². The van der Waals surface area contributed by atoms with Gasteiger partial charge in [0.25, 0.3) is 5.91 Å². The van der Waals surface area contributed by atoms with Crippen molar-refractivity contribution < 1.29 is 4.79 Å². The predicted molar refractivity (Wildman–Crippen MR) is 88.8 cm³/mol. The van der Waals surface area contributed by atoms with E-state index in [4.69, 9.17) is 0 Å². The summed E-state index contributed by atoms with van der Waals surface area (Å²) < 4.78 is 2.94. The molecule has 0 saturated carbocycles. The van der Waals surface area contributed by atoms with Crippen LogP contribution in [0.15, 0.2) is 16.7 Å². The van der Waals surface area contributed by atoms with Gasteiger partial charge in [0.1, 0.15) is 5.69 Å². The zero-order valence-corrected chi connectivity index (χ0v) is 14.9. The summed E-state index contributed by atoms with van der Waals surface area (Å²) in [6, 6.07) is 2.52. The fourth-order valence-electron chi connectivity index (χ4n) is 2.68. The van der Waals surface area contributed by atoms with Gasteiger partial charge in [-0.25, -0.2) is 0 Å². The van der Waals surface area contributed by atoms with Gasteiger partial charge < -0.3 is 14.8 Å². The highest BCUT2D eigenvalue weighted by atomic mass is 79.9. The van der Waals surface area contributed by atoms with E-state index in [1.54, 1.807) is 0 Å². The van der Waals surface area contributed by atoms with Gasteiger partial charge in [-0.2, -0.15) is 0 Å². The largest absolute Gasteiger partial charge is 0.349 e. The Labute approximate surface area is 135 Å². The maximum Gasteiger partial charge on any atom is 0.268 e. The highest BCUT2D eigenvalue weighted by Crippen LogP contribution is 2.19. The van der Waals surface area contributed by atoms with E-state index in [-0.39, 0.29) is 11.9 Å². The van der Waals surface area contributed by atoms with Crippen molar-refractivity contribution in [2.24, 2.45) is 0 Å². The van der Waals surface area contributed by atoms with Crippen LogP contribution in [0.1, 0.15) is 30.4 Å². The van der Waals surface area contributed by atoms with E-state index in [0.29, 0.717) is 18.3 Å². The molecule has 1 atom stereocenters. The SMILES string of the molecule is CC(C)n1cc(Br)cc1C(=O)NCC1CN(C)CCN1C. The minimum absolute atomic E-state index is 0.00368. The Hall–Kier alpha value is -0.850. The van der Waals surface area contributed by atoms with E-state index in [1.165, 1.54) is 0 Å². The van der Waals surface area contributed by atoms with Crippen LogP contribution in [0.25, 0.3) is 0 Å². The van der Waals surface area contributed by atoms with Crippen LogP contribution in [0.4, 0.5) is 0 Å². The summed E-state index contributed by atoms with van der Waals surface area (Å²) in [5, 5.41) is 3.08. The Bertz CT molecular complexity index is 500. The molecule has 0 spiro atoms. The zero-order valence-electron chi connectivity index (χ0n) is 13.3. The summed E-state index contributed by atoms with van der Waals surface area (Å²) in [6.07, 6.45) is 1.96. The first-order valence-corrected chi connectivity index (χ1v) is 8.22. The van der Waals surface area contributed by atoms with E-state index in [1.807, 2.05) is 16.8 Å². The van der Waals surface area contributed by atoms with Crippen LogP contribution in [0.3, 0.4) is 0 Å². The zero-order chi connectivity index (χ0) is 15.6. The van der Waals surface area contributed by atoms with Gasteiger partial charge in [-0.05, 0) is 49.9 Å². The van der Waals surface area contributed by atoms with Gasteiger partial charge in [-0.3, -0.25) is 9.69 Å². The maximum absolute atomic E-state index is 12.4. The Kier molecular flexibility index (Phi) is 5.46. The summed E-state index contributed by atoms with van der Waals surface area (Å²) in [5.41, 5.74) is 0.712. The molecule has 21 heavy (non-hydrogen) atoms. The fraction of sp³-hybridized carbons (Fsp3) is 0.667. The van der Waals surface area contributed by atoms with Crippen LogP contribution in [-0.4, -0.2) is 66.6 Å². The summed E-state index contributed by atoms with van der Waals surface area (Å²) in [7, 11) is 4.25. The van der Waals surface area contributed by atoms with Gasteiger partial charge in [0, 0.05) is 48.9 Å². The third-order valence-electron chi connectivity index (χ3n) is 4.08. The molecule has 1 fully saturated rings. The number of nitrogens with zero attached hydrogens (tertiary/aromatic N) is 3. The molecule has 6 heteroatoms. The number of hydrogen-bond donors (Lipinski definition) is 1. The number of amides is 1. The van der Waals surface area contributed by atoms with Crippen molar-refractivity contribution in [2.75, 3.05) is 40.3 Å². The van der Waals surface area contributed by atoms with E-state index in [0.717, 1.165) is 24.1 Å². The number of hydrogen-bond acceptors (Lipinski definition) is 3. The van der Waals surface area contributed by atoms with Gasteiger partial charge in [0.2, 0.25) is 0 Å². The predicted octanol–water partition coefficient (Wildman–Crippen LogP) is 1.81. The van der Waals surface area contributed by atoms with Crippen LogP contribution in [-0.2, 0) is 0 Å². The minimum atomic E-state index is -0.00368. The second kappa shape index (κ2) is 6.94. The summed E-state index contributed by atoms with van der Waals surface area (Å²) in [5.74, 6) is -0.00368. The first-order valence-electron chi connectivity index (χ1n) is 7.43. The number of rotatable bonds is 4. The van der Waals surface area contributed by atoms with Crippen molar-refractivity contribution in [2.45, 2.75) is 25.9 Å². The van der Waals surface area contributed by atoms with Crippen LogP contribution in [0.2, 0.25) is 0 Å². The van der Waals surface area contributed by atoms with Crippen molar-refractivity contribution in [1.29, 1.82) is 0 Å². The molecule has 1 N–H and O–H groups in total. The quantitative estimate of drug-likeness (QED) is 0.894. The molecule has 2 rings (SSSR count). The summed E-state index contributed by atoms with van der Waals surface area (Å²) in [6.45, 7) is 7.96. The van der Waals surface area contributed by atoms with Crippen LogP contribution in [0, 0.1) is 0 Å². The maximum atomic E-state index is 12.4. The van der Waals surface area contributed by atoms with Gasteiger partial charge in [-0.1, -0.05) is 0 Å². The first kappa shape index (κ1) is 16.5. The van der Waals surface area contributed by atoms with Crippen molar-refractivity contribution in [3.8, 4) is 0 Å². The molecule has 0 bridgehead atoms. The lowest BCUT2D eigenvalue weighted by atomic mass is 10.2. The molecule has 0 aromatic carbocycles. The molecule has 5 nitrogen and oxygen atoms in total. The fourth-order valence-corrected chi connectivity index (χ4v) is 3.12. The molecular weight excluding hydrogens is 332 g/mol. The monoisotopic (exact) mass is 356 g/mol. The number of likely N-dealkylation sites (N-methyl/N-ethyl adjacent to an activating group) is 2. The molecule has 1 aliphatic heterocycles. The number of aromatic nitrogens is 1. The van der Waals surface area contributed by atoms with Crippen molar-refractivity contribution in [3.05, 3.63) is 22.4 Å². The van der Waals surface area contributed by atoms with Crippen molar-refractivity contribution in [1.82, 2.24) is 19.7 Å². The third-order valence-corrected chi connectivity index (χ3v) is 4.52. The smallest absolute Gasteiger partial charge is 0.268 e. The van der Waals surface area contributed by atoms with E-state index < -0.39 is 0 Å². The minimum Gasteiger partial charge on any atom is -0.349 e. The van der Waals surface area contributed by atoms with Gasteiger partial charge >= 0.3 is 0 Å². The highest BCUT2D eigenvalue weighted by Gasteiger charge is 2.23. The lowest BCUT2D eigenvalue weighted by Gasteiger charge is -2.37. The number of halogens is 1. The van der Waals surface area contributed by atoms with E-state index in [9.17, 15) is 4.79 Å². The highest BCUT2D eigenvalue weighted by molar-refractivity contribution is 9.10. The van der Waals surface area contributed by atoms with Gasteiger partial charge in [0.15, 0.2) is 0 Å². The molecule has 0 radical (unpaired) electrons. The molecule has 118 valence electrons. The lowest BCUT2D eigenvalue weighted by molar-refractivity contribution is 0.0872. The normalized spacial score (nSPS) is 21.0. The summed E-state index contributed by atoms with van der Waals surface area (Å²) >= 11 is 3.45. The molecule has 1 amide bonds. The molecule has 1 unspecified atom stereocenters. The molecular formula is C15H25BrN4O. The average Bonchev–Trinajstić information content (AvgIpc) is 2.82. The number of nitrogens with one attached hydrogen (secondary N) is 1. The Morgan fingerprint density at radius 3 is 2.81 bits per heavy atom. The molecule has 1 saturated heterocycles. The van der Waals surface area contributed by atoms with Gasteiger partial charge in [0.05, 0.1) is 0 Å². The third kappa shape index (κ3) is 4.08. The molecule has 0 aliphatic carbocycles.